The highest BCUT2D eigenvalue weighted by atomic mass is 79.9. The monoisotopic (exact) mass is 442 g/mol. The van der Waals surface area contributed by atoms with Crippen LogP contribution in [0.4, 0.5) is 5.69 Å². The van der Waals surface area contributed by atoms with E-state index < -0.39 is 0 Å². The number of furan rings is 1. The second-order valence-corrected chi connectivity index (χ2v) is 7.60. The molecule has 1 N–H and O–H groups in total. The Kier molecular flexibility index (Phi) is 4.37. The van der Waals surface area contributed by atoms with Gasteiger partial charge in [0, 0.05) is 20.9 Å². The lowest BCUT2D eigenvalue weighted by atomic mass is 10.1. The number of aromatic nitrogens is 1. The highest BCUT2D eigenvalue weighted by Crippen LogP contribution is 2.30. The molecular weight excluding hydrogens is 428 g/mol. The van der Waals surface area contributed by atoms with E-state index in [4.69, 9.17) is 9.40 Å². The van der Waals surface area contributed by atoms with Gasteiger partial charge in [0.15, 0.2) is 5.76 Å². The molecular formula is C24H15BrN2O2. The molecule has 29 heavy (non-hydrogen) atoms. The number of benzene rings is 3. The van der Waals surface area contributed by atoms with Gasteiger partial charge in [-0.2, -0.15) is 0 Å². The first-order valence-corrected chi connectivity index (χ1v) is 9.92. The Bertz CT molecular complexity index is 1340. The van der Waals surface area contributed by atoms with Crippen molar-refractivity contribution in [3.8, 4) is 11.5 Å². The van der Waals surface area contributed by atoms with Crippen LogP contribution in [0.5, 0.6) is 0 Å². The molecule has 3 aromatic carbocycles. The van der Waals surface area contributed by atoms with Crippen molar-refractivity contribution in [2.24, 2.45) is 0 Å². The lowest BCUT2D eigenvalue weighted by molar-refractivity contribution is 0.102. The highest BCUT2D eigenvalue weighted by molar-refractivity contribution is 9.10. The zero-order valence-electron chi connectivity index (χ0n) is 15.2. The molecule has 0 aliphatic heterocycles. The van der Waals surface area contributed by atoms with Crippen molar-refractivity contribution in [3.05, 3.63) is 95.0 Å². The minimum absolute atomic E-state index is 0.195. The van der Waals surface area contributed by atoms with Crippen molar-refractivity contribution in [1.82, 2.24) is 4.98 Å². The third-order valence-corrected chi connectivity index (χ3v) is 5.21. The maximum Gasteiger partial charge on any atom is 0.256 e. The Balaban J connectivity index is 1.63. The molecule has 5 aromatic rings. The van der Waals surface area contributed by atoms with Crippen LogP contribution in [0.15, 0.2) is 93.8 Å². The van der Waals surface area contributed by atoms with Gasteiger partial charge in [0.1, 0.15) is 11.3 Å². The summed E-state index contributed by atoms with van der Waals surface area (Å²) in [6.07, 6.45) is 0. The first kappa shape index (κ1) is 17.6. The molecule has 140 valence electrons. The Morgan fingerprint density at radius 1 is 0.897 bits per heavy atom. The number of nitrogens with zero attached hydrogens (tertiary/aromatic N) is 1. The molecule has 0 aliphatic rings. The molecule has 0 atom stereocenters. The predicted octanol–water partition coefficient (Wildman–Crippen LogP) is 6.66. The summed E-state index contributed by atoms with van der Waals surface area (Å²) in [7, 11) is 0. The number of hydrogen-bond acceptors (Lipinski definition) is 3. The first-order valence-electron chi connectivity index (χ1n) is 9.13. The number of carbonyl (C=O) groups is 1. The lowest BCUT2D eigenvalue weighted by Crippen LogP contribution is -2.13. The van der Waals surface area contributed by atoms with E-state index >= 15 is 0 Å². The second-order valence-electron chi connectivity index (χ2n) is 6.69. The minimum Gasteiger partial charge on any atom is -0.454 e. The summed E-state index contributed by atoms with van der Waals surface area (Å²) >= 11 is 3.43. The largest absolute Gasteiger partial charge is 0.454 e. The lowest BCUT2D eigenvalue weighted by Gasteiger charge is -2.10. The van der Waals surface area contributed by atoms with E-state index in [1.807, 2.05) is 78.9 Å². The molecule has 5 rings (SSSR count). The Labute approximate surface area is 175 Å². The average molecular weight is 443 g/mol. The number of fused-ring (bicyclic) bond motifs is 2. The molecule has 0 fully saturated rings. The van der Waals surface area contributed by atoms with Gasteiger partial charge < -0.3 is 9.73 Å². The minimum atomic E-state index is -0.195. The summed E-state index contributed by atoms with van der Waals surface area (Å²) in [5.74, 6) is 0.438. The van der Waals surface area contributed by atoms with Crippen molar-refractivity contribution in [1.29, 1.82) is 0 Å². The van der Waals surface area contributed by atoms with Gasteiger partial charge in [0.2, 0.25) is 0 Å². The molecule has 1 amide bonds. The van der Waals surface area contributed by atoms with Crippen molar-refractivity contribution in [3.63, 3.8) is 0 Å². The molecule has 4 nitrogen and oxygen atoms in total. The molecule has 0 saturated carbocycles. The predicted molar refractivity (Wildman–Crippen MR) is 119 cm³/mol. The van der Waals surface area contributed by atoms with Gasteiger partial charge in [-0.1, -0.05) is 58.4 Å². The van der Waals surface area contributed by atoms with Crippen LogP contribution in [-0.2, 0) is 0 Å². The van der Waals surface area contributed by atoms with E-state index in [1.165, 1.54) is 0 Å². The van der Waals surface area contributed by atoms with Crippen LogP contribution < -0.4 is 5.32 Å². The number of pyridine rings is 1. The molecule has 5 heteroatoms. The number of halogens is 1. The van der Waals surface area contributed by atoms with E-state index in [0.717, 1.165) is 32.0 Å². The van der Waals surface area contributed by atoms with E-state index in [-0.39, 0.29) is 5.91 Å². The van der Waals surface area contributed by atoms with Crippen molar-refractivity contribution < 1.29 is 9.21 Å². The van der Waals surface area contributed by atoms with Gasteiger partial charge in [-0.15, -0.1) is 0 Å². The van der Waals surface area contributed by atoms with Gasteiger partial charge in [-0.25, -0.2) is 4.98 Å². The molecule has 0 saturated heterocycles. The summed E-state index contributed by atoms with van der Waals surface area (Å²) in [5, 5.41) is 4.76. The van der Waals surface area contributed by atoms with E-state index in [1.54, 1.807) is 6.07 Å². The fourth-order valence-electron chi connectivity index (χ4n) is 3.36. The molecule has 0 aliphatic carbocycles. The van der Waals surface area contributed by atoms with E-state index in [2.05, 4.69) is 21.2 Å². The number of anilines is 1. The molecule has 0 unspecified atom stereocenters. The van der Waals surface area contributed by atoms with Crippen LogP contribution in [-0.4, -0.2) is 10.9 Å². The molecule has 0 radical (unpaired) electrons. The summed E-state index contributed by atoms with van der Waals surface area (Å²) < 4.78 is 6.87. The molecule has 0 spiro atoms. The number of para-hydroxylation sites is 2. The van der Waals surface area contributed by atoms with Crippen LogP contribution in [0.1, 0.15) is 10.4 Å². The summed E-state index contributed by atoms with van der Waals surface area (Å²) in [6.45, 7) is 0. The van der Waals surface area contributed by atoms with Gasteiger partial charge in [-0.05, 0) is 42.5 Å². The fourth-order valence-corrected chi connectivity index (χ4v) is 3.76. The first-order chi connectivity index (χ1) is 14.2. The number of nitrogens with one attached hydrogen (secondary N) is 1. The normalized spacial score (nSPS) is 11.1. The van der Waals surface area contributed by atoms with Crippen molar-refractivity contribution in [2.75, 3.05) is 5.32 Å². The van der Waals surface area contributed by atoms with Crippen LogP contribution in [0.3, 0.4) is 0 Å². The van der Waals surface area contributed by atoms with Crippen LogP contribution in [0.2, 0.25) is 0 Å². The smallest absolute Gasteiger partial charge is 0.256 e. The molecule has 2 heterocycles. The zero-order valence-corrected chi connectivity index (χ0v) is 16.8. The standard InChI is InChI=1S/C24H15BrN2O2/c25-16-7-5-8-17(13-16)26-24(28)19-14-21(27-20-10-3-2-9-18(19)20)23-12-15-6-1-4-11-22(15)29-23/h1-14H,(H,26,28). The van der Waals surface area contributed by atoms with Crippen molar-refractivity contribution >= 4 is 49.4 Å². The SMILES string of the molecule is O=C(Nc1cccc(Br)c1)c1cc(-c2cc3ccccc3o2)nc2ccccc12. The number of amides is 1. The zero-order chi connectivity index (χ0) is 19.8. The highest BCUT2D eigenvalue weighted by Gasteiger charge is 2.16. The van der Waals surface area contributed by atoms with Crippen LogP contribution >= 0.6 is 15.9 Å². The van der Waals surface area contributed by atoms with Gasteiger partial charge >= 0.3 is 0 Å². The van der Waals surface area contributed by atoms with Gasteiger partial charge in [-0.3, -0.25) is 4.79 Å². The second kappa shape index (κ2) is 7.18. The summed E-state index contributed by atoms with van der Waals surface area (Å²) in [4.78, 5) is 17.8. The van der Waals surface area contributed by atoms with E-state index in [0.29, 0.717) is 17.0 Å². The fraction of sp³-hybridized carbons (Fsp3) is 0. The van der Waals surface area contributed by atoms with Gasteiger partial charge in [0.05, 0.1) is 11.1 Å². The van der Waals surface area contributed by atoms with E-state index in [9.17, 15) is 4.79 Å². The topological polar surface area (TPSA) is 55.1 Å². The third-order valence-electron chi connectivity index (χ3n) is 4.72. The average Bonchev–Trinajstić information content (AvgIpc) is 3.17. The molecule has 0 bridgehead atoms. The summed E-state index contributed by atoms with van der Waals surface area (Å²) in [5.41, 5.74) is 3.42. The number of rotatable bonds is 3. The summed E-state index contributed by atoms with van der Waals surface area (Å²) in [6, 6.07) is 26.7. The maximum atomic E-state index is 13.1. The Morgan fingerprint density at radius 3 is 2.59 bits per heavy atom. The van der Waals surface area contributed by atoms with Crippen LogP contribution in [0.25, 0.3) is 33.3 Å². The van der Waals surface area contributed by atoms with Crippen LogP contribution in [0, 0.1) is 0 Å². The Morgan fingerprint density at radius 2 is 1.72 bits per heavy atom. The third kappa shape index (κ3) is 3.41. The quantitative estimate of drug-likeness (QED) is 0.339. The Hall–Kier alpha value is -3.44. The number of carbonyl (C=O) groups excluding carboxylic acids is 1. The number of hydrogen-bond donors (Lipinski definition) is 1. The molecule has 2 aromatic heterocycles. The maximum absolute atomic E-state index is 13.1. The van der Waals surface area contributed by atoms with Crippen molar-refractivity contribution in [2.45, 2.75) is 0 Å². The van der Waals surface area contributed by atoms with Gasteiger partial charge in [0.25, 0.3) is 5.91 Å².